The Kier molecular flexibility index (Phi) is 6.62. The zero-order valence-corrected chi connectivity index (χ0v) is 19.9. The van der Waals surface area contributed by atoms with Gasteiger partial charge in [-0.1, -0.05) is 18.2 Å². The summed E-state index contributed by atoms with van der Waals surface area (Å²) in [6.07, 6.45) is -1.20. The lowest BCUT2D eigenvalue weighted by atomic mass is 10.1. The van der Waals surface area contributed by atoms with Crippen LogP contribution in [0.2, 0.25) is 0 Å². The van der Waals surface area contributed by atoms with Crippen molar-refractivity contribution in [2.75, 3.05) is 13.2 Å². The standard InChI is InChI=1S/C24H24N4O6S/c1-14-7-8-17(9-15(14)2)35(32,33)28-12-16(29)10-21(28)24(31)34-13-22(30)18(11-25)23-26-19-5-3-4-6-20(19)27-23/h3-9,16,21,29-30H,10,12-13H2,1-2H3,(H,26,27). The van der Waals surface area contributed by atoms with Crippen molar-refractivity contribution < 1.29 is 28.2 Å². The summed E-state index contributed by atoms with van der Waals surface area (Å²) in [5, 5.41) is 30.1. The highest BCUT2D eigenvalue weighted by atomic mass is 32.2. The van der Waals surface area contributed by atoms with E-state index in [2.05, 4.69) is 9.97 Å². The van der Waals surface area contributed by atoms with Crippen molar-refractivity contribution in [2.24, 2.45) is 0 Å². The zero-order valence-electron chi connectivity index (χ0n) is 19.1. The van der Waals surface area contributed by atoms with Gasteiger partial charge in [0, 0.05) is 13.0 Å². The molecule has 2 atom stereocenters. The van der Waals surface area contributed by atoms with Gasteiger partial charge in [-0.05, 0) is 49.2 Å². The van der Waals surface area contributed by atoms with Gasteiger partial charge in [-0.15, -0.1) is 0 Å². The number of aromatic amines is 1. The van der Waals surface area contributed by atoms with Crippen LogP contribution in [0.4, 0.5) is 0 Å². The first-order chi connectivity index (χ1) is 16.6. The Morgan fingerprint density at radius 3 is 2.69 bits per heavy atom. The number of aliphatic hydroxyl groups is 2. The first-order valence-electron chi connectivity index (χ1n) is 10.8. The summed E-state index contributed by atoms with van der Waals surface area (Å²) in [6.45, 7) is 2.71. The van der Waals surface area contributed by atoms with E-state index < -0.39 is 40.5 Å². The number of carbonyl (C=O) groups is 1. The molecule has 11 heteroatoms. The third-order valence-corrected chi connectivity index (χ3v) is 7.84. The molecule has 10 nitrogen and oxygen atoms in total. The summed E-state index contributed by atoms with van der Waals surface area (Å²) in [4.78, 5) is 20.0. The Morgan fingerprint density at radius 1 is 1.26 bits per heavy atom. The number of imidazole rings is 1. The third kappa shape index (κ3) is 4.77. The van der Waals surface area contributed by atoms with Crippen LogP contribution in [0, 0.1) is 25.2 Å². The molecule has 3 N–H and O–H groups in total. The lowest BCUT2D eigenvalue weighted by molar-refractivity contribution is -0.147. The predicted molar refractivity (Wildman–Crippen MR) is 126 cm³/mol. The minimum absolute atomic E-state index is 0.00638. The molecule has 0 aliphatic carbocycles. The quantitative estimate of drug-likeness (QED) is 0.267. The minimum atomic E-state index is -4.09. The zero-order chi connectivity index (χ0) is 25.3. The van der Waals surface area contributed by atoms with E-state index in [9.17, 15) is 28.7 Å². The van der Waals surface area contributed by atoms with Crippen molar-refractivity contribution in [1.82, 2.24) is 14.3 Å². The smallest absolute Gasteiger partial charge is 0.325 e. The second kappa shape index (κ2) is 9.50. The predicted octanol–water partition coefficient (Wildman–Crippen LogP) is 2.34. The number of hydrogen-bond acceptors (Lipinski definition) is 8. The number of fused-ring (bicyclic) bond motifs is 1. The summed E-state index contributed by atoms with van der Waals surface area (Å²) in [7, 11) is -4.09. The number of benzene rings is 2. The summed E-state index contributed by atoms with van der Waals surface area (Å²) >= 11 is 0. The van der Waals surface area contributed by atoms with Crippen LogP contribution in [0.25, 0.3) is 16.6 Å². The molecule has 182 valence electrons. The molecule has 0 spiro atoms. The van der Waals surface area contributed by atoms with E-state index in [-0.39, 0.29) is 29.3 Å². The van der Waals surface area contributed by atoms with Crippen molar-refractivity contribution >= 4 is 32.6 Å². The molecule has 3 aromatic rings. The average Bonchev–Trinajstić information content (AvgIpc) is 3.43. The number of aryl methyl sites for hydroxylation is 2. The molecular formula is C24H24N4O6S. The lowest BCUT2D eigenvalue weighted by Gasteiger charge is -2.23. The van der Waals surface area contributed by atoms with Crippen LogP contribution in [0.5, 0.6) is 0 Å². The molecule has 1 aromatic heterocycles. The molecule has 1 fully saturated rings. The maximum atomic E-state index is 13.2. The van der Waals surface area contributed by atoms with Gasteiger partial charge in [0.25, 0.3) is 0 Å². The molecule has 35 heavy (non-hydrogen) atoms. The van der Waals surface area contributed by atoms with Crippen LogP contribution in [0.1, 0.15) is 23.4 Å². The van der Waals surface area contributed by atoms with Gasteiger partial charge in [0.2, 0.25) is 10.0 Å². The SMILES string of the molecule is Cc1ccc(S(=O)(=O)N2CC(O)CC2C(=O)OCC(O)=C(C#N)c2nc3ccccc3[nH]2)cc1C. The fourth-order valence-electron chi connectivity index (χ4n) is 3.91. The molecule has 1 aliphatic heterocycles. The summed E-state index contributed by atoms with van der Waals surface area (Å²) in [5.41, 5.74) is 2.73. The van der Waals surface area contributed by atoms with Gasteiger partial charge in [-0.25, -0.2) is 13.4 Å². The number of allylic oxidation sites excluding steroid dienone is 1. The minimum Gasteiger partial charge on any atom is -0.507 e. The number of aliphatic hydroxyl groups excluding tert-OH is 2. The molecule has 0 bridgehead atoms. The normalized spacial score (nSPS) is 19.4. The number of rotatable bonds is 6. The van der Waals surface area contributed by atoms with Gasteiger partial charge in [-0.3, -0.25) is 4.79 Å². The second-order valence-corrected chi connectivity index (χ2v) is 10.3. The Bertz CT molecular complexity index is 1440. The molecule has 1 aliphatic rings. The van der Waals surface area contributed by atoms with Crippen molar-refractivity contribution in [1.29, 1.82) is 5.26 Å². The largest absolute Gasteiger partial charge is 0.507 e. The number of nitriles is 1. The van der Waals surface area contributed by atoms with E-state index in [1.54, 1.807) is 37.3 Å². The van der Waals surface area contributed by atoms with E-state index in [1.807, 2.05) is 13.0 Å². The Morgan fingerprint density at radius 2 is 2.00 bits per heavy atom. The number of esters is 1. The number of nitrogens with one attached hydrogen (secondary N) is 1. The lowest BCUT2D eigenvalue weighted by Crippen LogP contribution is -2.41. The number of hydrogen-bond donors (Lipinski definition) is 3. The molecule has 0 radical (unpaired) electrons. The summed E-state index contributed by atoms with van der Waals surface area (Å²) < 4.78 is 32.5. The first kappa shape index (κ1) is 24.4. The van der Waals surface area contributed by atoms with E-state index >= 15 is 0 Å². The number of aromatic nitrogens is 2. The van der Waals surface area contributed by atoms with E-state index in [1.165, 1.54) is 12.1 Å². The van der Waals surface area contributed by atoms with Crippen molar-refractivity contribution in [2.45, 2.75) is 37.3 Å². The van der Waals surface area contributed by atoms with Gasteiger partial charge in [0.05, 0.1) is 22.0 Å². The van der Waals surface area contributed by atoms with Crippen LogP contribution in [-0.4, -0.2) is 64.2 Å². The number of para-hydroxylation sites is 2. The van der Waals surface area contributed by atoms with Crippen LogP contribution in [0.15, 0.2) is 53.1 Å². The fourth-order valence-corrected chi connectivity index (χ4v) is 5.62. The number of sulfonamides is 1. The number of H-pyrrole nitrogens is 1. The van der Waals surface area contributed by atoms with Gasteiger partial charge in [0.1, 0.15) is 24.3 Å². The maximum Gasteiger partial charge on any atom is 0.325 e. The topological polar surface area (TPSA) is 157 Å². The van der Waals surface area contributed by atoms with E-state index in [0.717, 1.165) is 15.4 Å². The van der Waals surface area contributed by atoms with Crippen LogP contribution in [-0.2, 0) is 19.6 Å². The summed E-state index contributed by atoms with van der Waals surface area (Å²) in [6, 6.07) is 12.3. The summed E-state index contributed by atoms with van der Waals surface area (Å²) in [5.74, 6) is -1.37. The molecular weight excluding hydrogens is 472 g/mol. The van der Waals surface area contributed by atoms with Crippen molar-refractivity contribution in [3.05, 3.63) is 65.2 Å². The average molecular weight is 497 g/mol. The molecule has 1 saturated heterocycles. The number of ether oxygens (including phenoxy) is 1. The van der Waals surface area contributed by atoms with E-state index in [4.69, 9.17) is 4.74 Å². The maximum absolute atomic E-state index is 13.2. The van der Waals surface area contributed by atoms with Crippen LogP contribution >= 0.6 is 0 Å². The fraction of sp³-hybridized carbons (Fsp3) is 0.292. The molecule has 2 unspecified atom stereocenters. The third-order valence-electron chi connectivity index (χ3n) is 5.97. The Hall–Kier alpha value is -3.72. The highest BCUT2D eigenvalue weighted by Gasteiger charge is 2.44. The molecule has 4 rings (SSSR count). The number of β-amino-alcohol motifs (C(OH)–C–C–N with tert-alkyl or cyclic N) is 1. The van der Waals surface area contributed by atoms with Crippen LogP contribution in [0.3, 0.4) is 0 Å². The first-order valence-corrected chi connectivity index (χ1v) is 12.3. The van der Waals surface area contributed by atoms with Crippen LogP contribution < -0.4 is 0 Å². The molecule has 0 saturated carbocycles. The molecule has 2 aromatic carbocycles. The Labute approximate surface area is 202 Å². The van der Waals surface area contributed by atoms with Gasteiger partial charge in [0.15, 0.2) is 11.6 Å². The molecule has 0 amide bonds. The number of nitrogens with zero attached hydrogens (tertiary/aromatic N) is 3. The highest BCUT2D eigenvalue weighted by molar-refractivity contribution is 7.89. The van der Waals surface area contributed by atoms with Crippen molar-refractivity contribution in [3.63, 3.8) is 0 Å². The van der Waals surface area contributed by atoms with Crippen molar-refractivity contribution in [3.8, 4) is 6.07 Å². The van der Waals surface area contributed by atoms with Gasteiger partial charge in [-0.2, -0.15) is 9.57 Å². The van der Waals surface area contributed by atoms with Gasteiger partial charge < -0.3 is 19.9 Å². The van der Waals surface area contributed by atoms with E-state index in [0.29, 0.717) is 11.0 Å². The second-order valence-electron chi connectivity index (χ2n) is 8.37. The Balaban J connectivity index is 1.53. The monoisotopic (exact) mass is 496 g/mol. The highest BCUT2D eigenvalue weighted by Crippen LogP contribution is 2.28. The van der Waals surface area contributed by atoms with Gasteiger partial charge >= 0.3 is 5.97 Å². The molecule has 2 heterocycles. The number of carbonyl (C=O) groups excluding carboxylic acids is 1.